The lowest BCUT2D eigenvalue weighted by molar-refractivity contribution is -0.385. The number of rotatable bonds is 11. The van der Waals surface area contributed by atoms with Gasteiger partial charge in [-0.2, -0.15) is 0 Å². The van der Waals surface area contributed by atoms with Gasteiger partial charge in [-0.05, 0) is 66.7 Å². The Balaban J connectivity index is 1.45. The molecule has 0 fully saturated rings. The number of para-hydroxylation sites is 1. The zero-order chi connectivity index (χ0) is 30.8. The number of amides is 3. The van der Waals surface area contributed by atoms with E-state index in [1.807, 2.05) is 0 Å². The number of hydrogen-bond acceptors (Lipinski definition) is 7. The molecule has 218 valence electrons. The molecule has 0 aliphatic heterocycles. The number of nitro benzene ring substituents is 1. The standard InChI is InChI=1S/C31H25ClN4O6S/c1-42-28-16-11-22(32)18-25(28)34-29(37)19-43-24-14-12-23(13-15-24)33-31(39)26(35-30(38)20-7-3-2-4-8-20)17-21-9-5-6-10-27(21)36(40)41/h2-18H,19H2,1H3,(H,33,39)(H,34,37)(H,35,38)/b26-17-. The van der Waals surface area contributed by atoms with Crippen LogP contribution in [-0.2, 0) is 9.59 Å². The number of nitrogens with one attached hydrogen (secondary N) is 3. The smallest absolute Gasteiger partial charge is 0.276 e. The van der Waals surface area contributed by atoms with Crippen LogP contribution in [0, 0.1) is 10.1 Å². The van der Waals surface area contributed by atoms with E-state index < -0.39 is 16.7 Å². The van der Waals surface area contributed by atoms with Crippen molar-refractivity contribution in [1.82, 2.24) is 5.32 Å². The van der Waals surface area contributed by atoms with Crippen LogP contribution in [0.3, 0.4) is 0 Å². The first-order chi connectivity index (χ1) is 20.7. The molecular weight excluding hydrogens is 592 g/mol. The topological polar surface area (TPSA) is 140 Å². The van der Waals surface area contributed by atoms with Crippen molar-refractivity contribution in [3.05, 3.63) is 129 Å². The summed E-state index contributed by atoms with van der Waals surface area (Å²) in [5.74, 6) is -0.908. The average Bonchev–Trinajstić information content (AvgIpc) is 3.01. The summed E-state index contributed by atoms with van der Waals surface area (Å²) in [5, 5.41) is 20.0. The van der Waals surface area contributed by atoms with Crippen molar-refractivity contribution in [2.24, 2.45) is 0 Å². The largest absolute Gasteiger partial charge is 0.495 e. The van der Waals surface area contributed by atoms with Gasteiger partial charge in [0.2, 0.25) is 5.91 Å². The number of nitro groups is 1. The Labute approximate surface area is 256 Å². The van der Waals surface area contributed by atoms with Crippen molar-refractivity contribution in [2.45, 2.75) is 4.90 Å². The molecule has 43 heavy (non-hydrogen) atoms. The molecule has 0 heterocycles. The fourth-order valence-corrected chi connectivity index (χ4v) is 4.69. The molecule has 0 aliphatic carbocycles. The first-order valence-corrected chi connectivity index (χ1v) is 14.1. The molecule has 12 heteroatoms. The molecule has 0 atom stereocenters. The van der Waals surface area contributed by atoms with Crippen LogP contribution in [0.2, 0.25) is 5.02 Å². The lowest BCUT2D eigenvalue weighted by Crippen LogP contribution is -2.30. The third-order valence-electron chi connectivity index (χ3n) is 5.88. The van der Waals surface area contributed by atoms with E-state index in [0.29, 0.717) is 27.7 Å². The van der Waals surface area contributed by atoms with Crippen LogP contribution < -0.4 is 20.7 Å². The maximum absolute atomic E-state index is 13.3. The number of halogens is 1. The van der Waals surface area contributed by atoms with Crippen LogP contribution in [0.25, 0.3) is 6.08 Å². The number of thioether (sulfide) groups is 1. The Kier molecular flexibility index (Phi) is 10.5. The first-order valence-electron chi connectivity index (χ1n) is 12.7. The summed E-state index contributed by atoms with van der Waals surface area (Å²) < 4.78 is 5.25. The zero-order valence-electron chi connectivity index (χ0n) is 22.7. The number of nitrogens with zero attached hydrogens (tertiary/aromatic N) is 1. The Morgan fingerprint density at radius 2 is 1.63 bits per heavy atom. The molecule has 3 N–H and O–H groups in total. The van der Waals surface area contributed by atoms with E-state index in [2.05, 4.69) is 16.0 Å². The van der Waals surface area contributed by atoms with Gasteiger partial charge < -0.3 is 20.7 Å². The van der Waals surface area contributed by atoms with Gasteiger partial charge in [0.15, 0.2) is 0 Å². The van der Waals surface area contributed by atoms with Crippen LogP contribution in [0.5, 0.6) is 5.75 Å². The number of hydrogen-bond donors (Lipinski definition) is 3. The SMILES string of the molecule is COc1ccc(Cl)cc1NC(=O)CSc1ccc(NC(=O)/C(=C/c2ccccc2[N+](=O)[O-])NC(=O)c2ccccc2)cc1. The van der Waals surface area contributed by atoms with Crippen LogP contribution >= 0.6 is 23.4 Å². The Morgan fingerprint density at radius 1 is 0.930 bits per heavy atom. The van der Waals surface area contributed by atoms with E-state index in [9.17, 15) is 24.5 Å². The van der Waals surface area contributed by atoms with E-state index in [1.165, 1.54) is 43.1 Å². The van der Waals surface area contributed by atoms with Gasteiger partial charge in [-0.3, -0.25) is 24.5 Å². The minimum atomic E-state index is -0.683. The monoisotopic (exact) mass is 616 g/mol. The predicted octanol–water partition coefficient (Wildman–Crippen LogP) is 6.40. The maximum atomic E-state index is 13.3. The second-order valence-corrected chi connectivity index (χ2v) is 10.3. The maximum Gasteiger partial charge on any atom is 0.276 e. The van der Waals surface area contributed by atoms with E-state index in [4.69, 9.17) is 16.3 Å². The van der Waals surface area contributed by atoms with Gasteiger partial charge in [-0.1, -0.05) is 41.9 Å². The van der Waals surface area contributed by atoms with Gasteiger partial charge in [-0.15, -0.1) is 11.8 Å². The summed E-state index contributed by atoms with van der Waals surface area (Å²) in [6.07, 6.45) is 1.26. The molecule has 4 aromatic rings. The Bertz CT molecular complexity index is 1680. The quantitative estimate of drug-likeness (QED) is 0.0767. The fraction of sp³-hybridized carbons (Fsp3) is 0.0645. The number of anilines is 2. The molecular formula is C31H25ClN4O6S. The number of carbonyl (C=O) groups excluding carboxylic acids is 3. The van der Waals surface area contributed by atoms with E-state index in [-0.39, 0.29) is 28.6 Å². The highest BCUT2D eigenvalue weighted by Gasteiger charge is 2.18. The average molecular weight is 617 g/mol. The highest BCUT2D eigenvalue weighted by molar-refractivity contribution is 8.00. The van der Waals surface area contributed by atoms with Crippen molar-refractivity contribution in [3.63, 3.8) is 0 Å². The normalized spacial score (nSPS) is 10.9. The van der Waals surface area contributed by atoms with Crippen LogP contribution in [-0.4, -0.2) is 35.5 Å². The number of benzene rings is 4. The van der Waals surface area contributed by atoms with Gasteiger partial charge in [-0.25, -0.2) is 0 Å². The van der Waals surface area contributed by atoms with E-state index >= 15 is 0 Å². The van der Waals surface area contributed by atoms with Gasteiger partial charge in [0.1, 0.15) is 11.4 Å². The van der Waals surface area contributed by atoms with Crippen molar-refractivity contribution >= 4 is 64.2 Å². The second-order valence-electron chi connectivity index (χ2n) is 8.85. The molecule has 0 saturated carbocycles. The molecule has 3 amide bonds. The van der Waals surface area contributed by atoms with Crippen LogP contribution in [0.1, 0.15) is 15.9 Å². The van der Waals surface area contributed by atoms with Crippen molar-refractivity contribution in [2.75, 3.05) is 23.5 Å². The minimum absolute atomic E-state index is 0.107. The van der Waals surface area contributed by atoms with E-state index in [1.54, 1.807) is 78.9 Å². The van der Waals surface area contributed by atoms with Crippen LogP contribution in [0.4, 0.5) is 17.1 Å². The van der Waals surface area contributed by atoms with Gasteiger partial charge in [0.05, 0.1) is 29.0 Å². The summed E-state index contributed by atoms with van der Waals surface area (Å²) >= 11 is 7.30. The molecule has 0 radical (unpaired) electrons. The lowest BCUT2D eigenvalue weighted by atomic mass is 10.1. The van der Waals surface area contributed by atoms with Crippen molar-refractivity contribution in [3.8, 4) is 5.75 Å². The molecule has 10 nitrogen and oxygen atoms in total. The lowest BCUT2D eigenvalue weighted by Gasteiger charge is -2.12. The minimum Gasteiger partial charge on any atom is -0.495 e. The number of carbonyl (C=O) groups is 3. The molecule has 4 aromatic carbocycles. The van der Waals surface area contributed by atoms with Gasteiger partial charge in [0.25, 0.3) is 17.5 Å². The molecule has 0 unspecified atom stereocenters. The summed E-state index contributed by atoms with van der Waals surface area (Å²) in [6, 6.07) is 25.8. The molecule has 0 bridgehead atoms. The van der Waals surface area contributed by atoms with Gasteiger partial charge in [0, 0.05) is 27.2 Å². The van der Waals surface area contributed by atoms with Gasteiger partial charge >= 0.3 is 0 Å². The molecule has 0 saturated heterocycles. The highest BCUT2D eigenvalue weighted by Crippen LogP contribution is 2.28. The summed E-state index contributed by atoms with van der Waals surface area (Å²) in [4.78, 5) is 50.3. The number of ether oxygens (including phenoxy) is 1. The molecule has 0 aliphatic rings. The summed E-state index contributed by atoms with van der Waals surface area (Å²) in [7, 11) is 1.50. The Morgan fingerprint density at radius 3 is 2.33 bits per heavy atom. The first kappa shape index (κ1) is 30.8. The second kappa shape index (κ2) is 14.7. The predicted molar refractivity (Wildman–Crippen MR) is 167 cm³/mol. The van der Waals surface area contributed by atoms with Crippen LogP contribution in [0.15, 0.2) is 108 Å². The third-order valence-corrected chi connectivity index (χ3v) is 7.13. The molecule has 0 spiro atoms. The number of methoxy groups -OCH3 is 1. The fourth-order valence-electron chi connectivity index (χ4n) is 3.82. The highest BCUT2D eigenvalue weighted by atomic mass is 35.5. The molecule has 0 aromatic heterocycles. The third kappa shape index (κ3) is 8.68. The van der Waals surface area contributed by atoms with Crippen molar-refractivity contribution in [1.29, 1.82) is 0 Å². The molecule has 4 rings (SSSR count). The summed E-state index contributed by atoms with van der Waals surface area (Å²) in [6.45, 7) is 0. The van der Waals surface area contributed by atoms with E-state index in [0.717, 1.165) is 4.90 Å². The van der Waals surface area contributed by atoms with Crippen molar-refractivity contribution < 1.29 is 24.0 Å². The zero-order valence-corrected chi connectivity index (χ0v) is 24.3. The Hall–Kier alpha value is -5.13. The summed E-state index contributed by atoms with van der Waals surface area (Å²) in [5.41, 5.74) is 0.915.